The van der Waals surface area contributed by atoms with Gasteiger partial charge in [0, 0.05) is 38.3 Å². The molecule has 7 heteroatoms. The first-order valence-corrected chi connectivity index (χ1v) is 10.6. The molecule has 2 aromatic carbocycles. The van der Waals surface area contributed by atoms with Gasteiger partial charge in [0.05, 0.1) is 11.3 Å². The molecule has 0 saturated carbocycles. The topological polar surface area (TPSA) is 85.4 Å². The first-order valence-electron chi connectivity index (χ1n) is 10.6. The molecule has 1 saturated heterocycles. The van der Waals surface area contributed by atoms with E-state index in [9.17, 15) is 10.1 Å². The molecule has 160 valence electrons. The van der Waals surface area contributed by atoms with Gasteiger partial charge in [0.25, 0.3) is 5.89 Å². The lowest BCUT2D eigenvalue weighted by molar-refractivity contribution is 0.0765. The number of rotatable bonds is 5. The summed E-state index contributed by atoms with van der Waals surface area (Å²) in [6.45, 7) is 6.05. The second-order valence-corrected chi connectivity index (χ2v) is 7.94. The zero-order valence-corrected chi connectivity index (χ0v) is 18.4. The predicted octanol–water partition coefficient (Wildman–Crippen LogP) is 3.56. The van der Waals surface area contributed by atoms with Crippen molar-refractivity contribution < 1.29 is 9.21 Å². The van der Waals surface area contributed by atoms with Crippen LogP contribution in [0.25, 0.3) is 22.2 Å². The van der Waals surface area contributed by atoms with E-state index < -0.39 is 0 Å². The minimum atomic E-state index is -0.290. The van der Waals surface area contributed by atoms with Gasteiger partial charge in [-0.05, 0) is 38.4 Å². The Morgan fingerprint density at radius 3 is 2.74 bits per heavy atom. The summed E-state index contributed by atoms with van der Waals surface area (Å²) in [5.74, 6) is -0.270. The number of anilines is 1. The molecule has 0 aliphatic carbocycles. The molecular formula is C24H27N5O2. The van der Waals surface area contributed by atoms with Gasteiger partial charge in [0.2, 0.25) is 0 Å². The summed E-state index contributed by atoms with van der Waals surface area (Å²) >= 11 is 0. The number of fused-ring (bicyclic) bond motifs is 1. The quantitative estimate of drug-likeness (QED) is 0.683. The molecule has 1 aliphatic rings. The molecule has 0 unspecified atom stereocenters. The van der Waals surface area contributed by atoms with Gasteiger partial charge < -0.3 is 19.5 Å². The highest BCUT2D eigenvalue weighted by molar-refractivity contribution is 6.04. The Balaban J connectivity index is 2.03. The Kier molecular flexibility index (Phi) is 5.66. The molecule has 2 heterocycles. The van der Waals surface area contributed by atoms with Gasteiger partial charge in [-0.3, -0.25) is 4.79 Å². The van der Waals surface area contributed by atoms with Gasteiger partial charge in [-0.2, -0.15) is 5.26 Å². The number of nitriles is 1. The molecule has 7 nitrogen and oxygen atoms in total. The first kappa shape index (κ1) is 20.9. The average molecular weight is 418 g/mol. The third-order valence-corrected chi connectivity index (χ3v) is 6.16. The van der Waals surface area contributed by atoms with Gasteiger partial charge >= 0.3 is 5.91 Å². The summed E-state index contributed by atoms with van der Waals surface area (Å²) in [6.07, 6.45) is 1.00. The Morgan fingerprint density at radius 1 is 1.39 bits per heavy atom. The monoisotopic (exact) mass is 417 g/mol. The second kappa shape index (κ2) is 8.40. The fourth-order valence-electron chi connectivity index (χ4n) is 4.24. The zero-order valence-electron chi connectivity index (χ0n) is 18.4. The summed E-state index contributed by atoms with van der Waals surface area (Å²) in [5.41, 5.74) is 5.13. The van der Waals surface area contributed by atoms with Crippen LogP contribution in [-0.2, 0) is 0 Å². The Morgan fingerprint density at radius 2 is 2.13 bits per heavy atom. The number of aromatic nitrogens is 1. The molecule has 1 aliphatic heterocycles. The average Bonchev–Trinajstić information content (AvgIpc) is 3.45. The number of hydrogen-bond donors (Lipinski definition) is 1. The summed E-state index contributed by atoms with van der Waals surface area (Å²) in [7, 11) is 3.68. The van der Waals surface area contributed by atoms with Crippen molar-refractivity contribution in [1.29, 1.82) is 5.26 Å². The number of oxazole rings is 1. The van der Waals surface area contributed by atoms with Crippen LogP contribution in [0.4, 0.5) is 5.69 Å². The molecule has 0 radical (unpaired) electrons. The van der Waals surface area contributed by atoms with Gasteiger partial charge in [-0.1, -0.05) is 30.3 Å². The minimum absolute atomic E-state index is 0.0195. The van der Waals surface area contributed by atoms with E-state index in [0.29, 0.717) is 29.2 Å². The predicted molar refractivity (Wildman–Crippen MR) is 121 cm³/mol. The van der Waals surface area contributed by atoms with Crippen molar-refractivity contribution in [2.45, 2.75) is 26.3 Å². The Labute approximate surface area is 182 Å². The molecular weight excluding hydrogens is 390 g/mol. The standard InChI is InChI=1S/C24H27N5O2/c1-5-28(4)24(30)23-27-20-18(13-25)15(2)19(16-9-7-6-8-10-16)21(22(20)31-23)29-12-11-17(14-29)26-3/h6-10,17,26H,5,11-12,14H2,1-4H3/t17-/m0/s1. The summed E-state index contributed by atoms with van der Waals surface area (Å²) in [6, 6.07) is 12.7. The zero-order chi connectivity index (χ0) is 22.1. The Bertz CT molecular complexity index is 1160. The van der Waals surface area contributed by atoms with E-state index in [-0.39, 0.29) is 11.8 Å². The smallest absolute Gasteiger partial charge is 0.309 e. The first-order chi connectivity index (χ1) is 15.0. The fraction of sp³-hybridized carbons (Fsp3) is 0.375. The van der Waals surface area contributed by atoms with Crippen LogP contribution in [0.15, 0.2) is 34.7 Å². The van der Waals surface area contributed by atoms with Crippen molar-refractivity contribution in [1.82, 2.24) is 15.2 Å². The Hall–Kier alpha value is -3.37. The van der Waals surface area contributed by atoms with E-state index in [1.165, 1.54) is 0 Å². The lowest BCUT2D eigenvalue weighted by Gasteiger charge is -2.24. The van der Waals surface area contributed by atoms with Gasteiger partial charge in [0.1, 0.15) is 11.6 Å². The summed E-state index contributed by atoms with van der Waals surface area (Å²) in [4.78, 5) is 21.1. The number of likely N-dealkylation sites (N-methyl/N-ethyl adjacent to an activating group) is 1. The molecule has 3 aromatic rings. The number of nitrogens with one attached hydrogen (secondary N) is 1. The molecule has 0 spiro atoms. The largest absolute Gasteiger partial charge is 0.430 e. The number of carbonyl (C=O) groups is 1. The van der Waals surface area contributed by atoms with Crippen LogP contribution in [0, 0.1) is 18.3 Å². The third kappa shape index (κ3) is 3.53. The second-order valence-electron chi connectivity index (χ2n) is 7.94. The SMILES string of the molecule is CCN(C)C(=O)c1nc2c(C#N)c(C)c(-c3ccccc3)c(N3CC[C@H](NC)C3)c2o1. The lowest BCUT2D eigenvalue weighted by atomic mass is 9.93. The van der Waals surface area contributed by atoms with Crippen molar-refractivity contribution in [2.24, 2.45) is 0 Å². The highest BCUT2D eigenvalue weighted by Gasteiger charge is 2.31. The number of nitrogens with zero attached hydrogens (tertiary/aromatic N) is 4. The summed E-state index contributed by atoms with van der Waals surface area (Å²) in [5, 5.41) is 13.3. The molecule has 1 aromatic heterocycles. The van der Waals surface area contributed by atoms with Gasteiger partial charge in [0.15, 0.2) is 5.58 Å². The molecule has 4 rings (SSSR count). The number of carbonyl (C=O) groups excluding carboxylic acids is 1. The minimum Gasteiger partial charge on any atom is -0.430 e. The normalized spacial score (nSPS) is 16.0. The van der Waals surface area contributed by atoms with E-state index in [1.54, 1.807) is 11.9 Å². The van der Waals surface area contributed by atoms with E-state index in [1.807, 2.05) is 51.2 Å². The van der Waals surface area contributed by atoms with Crippen LogP contribution in [-0.4, -0.2) is 55.6 Å². The van der Waals surface area contributed by atoms with Crippen LogP contribution >= 0.6 is 0 Å². The van der Waals surface area contributed by atoms with Gasteiger partial charge in [-0.25, -0.2) is 4.98 Å². The third-order valence-electron chi connectivity index (χ3n) is 6.16. The number of hydrogen-bond acceptors (Lipinski definition) is 6. The molecule has 1 N–H and O–H groups in total. The van der Waals surface area contributed by atoms with E-state index in [4.69, 9.17) is 4.42 Å². The van der Waals surface area contributed by atoms with Crippen molar-refractivity contribution in [2.75, 3.05) is 38.6 Å². The van der Waals surface area contributed by atoms with Crippen LogP contribution in [0.5, 0.6) is 0 Å². The fourth-order valence-corrected chi connectivity index (χ4v) is 4.24. The van der Waals surface area contributed by atoms with E-state index in [0.717, 1.165) is 41.9 Å². The van der Waals surface area contributed by atoms with Crippen LogP contribution in [0.1, 0.15) is 35.2 Å². The molecule has 31 heavy (non-hydrogen) atoms. The maximum absolute atomic E-state index is 12.8. The molecule has 1 atom stereocenters. The number of benzene rings is 2. The van der Waals surface area contributed by atoms with Crippen LogP contribution in [0.3, 0.4) is 0 Å². The molecule has 1 amide bonds. The highest BCUT2D eigenvalue weighted by atomic mass is 16.4. The van der Waals surface area contributed by atoms with Crippen LogP contribution in [0.2, 0.25) is 0 Å². The molecule has 1 fully saturated rings. The van der Waals surface area contributed by atoms with Crippen molar-refractivity contribution in [3.63, 3.8) is 0 Å². The summed E-state index contributed by atoms with van der Waals surface area (Å²) < 4.78 is 6.11. The van der Waals surface area contributed by atoms with Crippen molar-refractivity contribution in [3.8, 4) is 17.2 Å². The number of amides is 1. The van der Waals surface area contributed by atoms with E-state index in [2.05, 4.69) is 21.3 Å². The van der Waals surface area contributed by atoms with Crippen LogP contribution < -0.4 is 10.2 Å². The van der Waals surface area contributed by atoms with Crippen molar-refractivity contribution in [3.05, 3.63) is 47.3 Å². The lowest BCUT2D eigenvalue weighted by Crippen LogP contribution is -2.30. The van der Waals surface area contributed by atoms with Crippen molar-refractivity contribution >= 4 is 22.7 Å². The highest BCUT2D eigenvalue weighted by Crippen LogP contribution is 2.43. The maximum atomic E-state index is 12.8. The maximum Gasteiger partial charge on any atom is 0.309 e. The van der Waals surface area contributed by atoms with E-state index >= 15 is 0 Å². The molecule has 0 bridgehead atoms. The van der Waals surface area contributed by atoms with Gasteiger partial charge in [-0.15, -0.1) is 0 Å².